The van der Waals surface area contributed by atoms with E-state index < -0.39 is 0 Å². The summed E-state index contributed by atoms with van der Waals surface area (Å²) in [6, 6.07) is 9.81. The standard InChI is InChI=1S/C13H17N3/c1-13(2,3)12-7-8-15-16(12)11-6-4-5-10(14)9-11/h4-9H,14H2,1-3H3. The van der Waals surface area contributed by atoms with Crippen molar-refractivity contribution in [2.45, 2.75) is 26.2 Å². The number of anilines is 1. The summed E-state index contributed by atoms with van der Waals surface area (Å²) in [6.07, 6.45) is 1.82. The average Bonchev–Trinajstić information content (AvgIpc) is 2.65. The molecule has 0 aliphatic rings. The molecular weight excluding hydrogens is 198 g/mol. The second-order valence-electron chi connectivity index (χ2n) is 4.97. The van der Waals surface area contributed by atoms with E-state index in [9.17, 15) is 0 Å². The molecule has 3 nitrogen and oxygen atoms in total. The second-order valence-corrected chi connectivity index (χ2v) is 4.97. The van der Waals surface area contributed by atoms with Gasteiger partial charge in [0.25, 0.3) is 0 Å². The lowest BCUT2D eigenvalue weighted by Gasteiger charge is -2.20. The molecule has 0 saturated heterocycles. The number of benzene rings is 1. The van der Waals surface area contributed by atoms with Crippen molar-refractivity contribution >= 4 is 5.69 Å². The lowest BCUT2D eigenvalue weighted by Crippen LogP contribution is -2.17. The summed E-state index contributed by atoms with van der Waals surface area (Å²) in [6.45, 7) is 6.52. The van der Waals surface area contributed by atoms with Gasteiger partial charge in [-0.1, -0.05) is 26.8 Å². The number of rotatable bonds is 1. The molecule has 1 aromatic heterocycles. The largest absolute Gasteiger partial charge is 0.399 e. The quantitative estimate of drug-likeness (QED) is 0.743. The van der Waals surface area contributed by atoms with E-state index in [0.29, 0.717) is 0 Å². The van der Waals surface area contributed by atoms with Crippen LogP contribution in [0.5, 0.6) is 0 Å². The van der Waals surface area contributed by atoms with Gasteiger partial charge < -0.3 is 5.73 Å². The fourth-order valence-corrected chi connectivity index (χ4v) is 1.73. The first kappa shape index (κ1) is 10.7. The fourth-order valence-electron chi connectivity index (χ4n) is 1.73. The number of aromatic nitrogens is 2. The molecule has 0 spiro atoms. The Morgan fingerprint density at radius 3 is 2.56 bits per heavy atom. The van der Waals surface area contributed by atoms with Gasteiger partial charge in [-0.3, -0.25) is 0 Å². The monoisotopic (exact) mass is 215 g/mol. The normalized spacial score (nSPS) is 11.7. The van der Waals surface area contributed by atoms with Gasteiger partial charge in [0.15, 0.2) is 0 Å². The number of nitrogens with zero attached hydrogens (tertiary/aromatic N) is 2. The smallest absolute Gasteiger partial charge is 0.0669 e. The molecule has 2 aromatic rings. The molecule has 0 atom stereocenters. The predicted molar refractivity (Wildman–Crippen MR) is 66.7 cm³/mol. The van der Waals surface area contributed by atoms with E-state index in [1.807, 2.05) is 41.2 Å². The van der Waals surface area contributed by atoms with E-state index in [2.05, 4.69) is 25.9 Å². The molecule has 0 saturated carbocycles. The maximum atomic E-state index is 5.78. The number of hydrogen-bond donors (Lipinski definition) is 1. The first-order chi connectivity index (χ1) is 7.48. The summed E-state index contributed by atoms with van der Waals surface area (Å²) >= 11 is 0. The SMILES string of the molecule is CC(C)(C)c1ccnn1-c1cccc(N)c1. The second kappa shape index (κ2) is 3.67. The van der Waals surface area contributed by atoms with Crippen LogP contribution in [0, 0.1) is 0 Å². The molecule has 0 bridgehead atoms. The van der Waals surface area contributed by atoms with Gasteiger partial charge in [-0.2, -0.15) is 5.10 Å². The molecule has 1 heterocycles. The summed E-state index contributed by atoms with van der Waals surface area (Å²) in [5.41, 5.74) is 8.80. The zero-order chi connectivity index (χ0) is 11.8. The summed E-state index contributed by atoms with van der Waals surface area (Å²) in [4.78, 5) is 0. The summed E-state index contributed by atoms with van der Waals surface area (Å²) < 4.78 is 1.94. The third-order valence-corrected chi connectivity index (χ3v) is 2.53. The van der Waals surface area contributed by atoms with Gasteiger partial charge in [0.05, 0.1) is 5.69 Å². The lowest BCUT2D eigenvalue weighted by molar-refractivity contribution is 0.544. The Bertz CT molecular complexity index is 492. The van der Waals surface area contributed by atoms with Crippen LogP contribution in [0.15, 0.2) is 36.5 Å². The summed E-state index contributed by atoms with van der Waals surface area (Å²) in [5, 5.41) is 4.36. The Balaban J connectivity index is 2.53. The molecule has 0 amide bonds. The van der Waals surface area contributed by atoms with Crippen molar-refractivity contribution in [1.29, 1.82) is 0 Å². The Morgan fingerprint density at radius 1 is 1.19 bits per heavy atom. The molecule has 0 unspecified atom stereocenters. The molecule has 0 aliphatic heterocycles. The van der Waals surface area contributed by atoms with Crippen LogP contribution >= 0.6 is 0 Å². The van der Waals surface area contributed by atoms with Crippen molar-refractivity contribution in [2.24, 2.45) is 0 Å². The maximum absolute atomic E-state index is 5.78. The first-order valence-electron chi connectivity index (χ1n) is 5.39. The maximum Gasteiger partial charge on any atom is 0.0669 e. The Labute approximate surface area is 95.9 Å². The van der Waals surface area contributed by atoms with Crippen LogP contribution in [0.4, 0.5) is 5.69 Å². The highest BCUT2D eigenvalue weighted by Crippen LogP contribution is 2.24. The molecule has 84 valence electrons. The van der Waals surface area contributed by atoms with Crippen LogP contribution in [-0.4, -0.2) is 9.78 Å². The van der Waals surface area contributed by atoms with Gasteiger partial charge in [0.1, 0.15) is 0 Å². The van der Waals surface area contributed by atoms with Gasteiger partial charge in [0, 0.05) is 23.0 Å². The minimum atomic E-state index is 0.0705. The van der Waals surface area contributed by atoms with E-state index >= 15 is 0 Å². The van der Waals surface area contributed by atoms with Gasteiger partial charge in [0.2, 0.25) is 0 Å². The highest BCUT2D eigenvalue weighted by molar-refractivity contribution is 5.48. The third kappa shape index (κ3) is 1.94. The van der Waals surface area contributed by atoms with Crippen LogP contribution < -0.4 is 5.73 Å². The molecule has 2 N–H and O–H groups in total. The number of hydrogen-bond acceptors (Lipinski definition) is 2. The number of nitrogen functional groups attached to an aromatic ring is 1. The first-order valence-corrected chi connectivity index (χ1v) is 5.39. The molecule has 16 heavy (non-hydrogen) atoms. The van der Waals surface area contributed by atoms with Gasteiger partial charge in [-0.25, -0.2) is 4.68 Å². The van der Waals surface area contributed by atoms with Gasteiger partial charge in [-0.15, -0.1) is 0 Å². The highest BCUT2D eigenvalue weighted by Gasteiger charge is 2.19. The van der Waals surface area contributed by atoms with E-state index in [0.717, 1.165) is 11.4 Å². The Hall–Kier alpha value is -1.77. The number of nitrogens with two attached hydrogens (primary N) is 1. The molecule has 0 fully saturated rings. The van der Waals surface area contributed by atoms with Gasteiger partial charge >= 0.3 is 0 Å². The minimum absolute atomic E-state index is 0.0705. The van der Waals surface area contributed by atoms with Crippen molar-refractivity contribution in [2.75, 3.05) is 5.73 Å². The van der Waals surface area contributed by atoms with Crippen molar-refractivity contribution in [3.63, 3.8) is 0 Å². The zero-order valence-corrected chi connectivity index (χ0v) is 9.94. The molecule has 0 aliphatic carbocycles. The highest BCUT2D eigenvalue weighted by atomic mass is 15.3. The van der Waals surface area contributed by atoms with Crippen LogP contribution in [0.2, 0.25) is 0 Å². The molecule has 2 rings (SSSR count). The third-order valence-electron chi connectivity index (χ3n) is 2.53. The van der Waals surface area contributed by atoms with E-state index in [-0.39, 0.29) is 5.41 Å². The molecular formula is C13H17N3. The summed E-state index contributed by atoms with van der Waals surface area (Å²) in [5.74, 6) is 0. The Kier molecular flexibility index (Phi) is 2.46. The van der Waals surface area contributed by atoms with Crippen molar-refractivity contribution < 1.29 is 0 Å². The van der Waals surface area contributed by atoms with E-state index in [1.54, 1.807) is 0 Å². The molecule has 0 radical (unpaired) electrons. The Morgan fingerprint density at radius 2 is 1.94 bits per heavy atom. The van der Waals surface area contributed by atoms with Crippen LogP contribution in [-0.2, 0) is 5.41 Å². The molecule has 3 heteroatoms. The van der Waals surface area contributed by atoms with Crippen molar-refractivity contribution in [3.05, 3.63) is 42.2 Å². The fraction of sp³-hybridized carbons (Fsp3) is 0.308. The van der Waals surface area contributed by atoms with Crippen LogP contribution in [0.1, 0.15) is 26.5 Å². The minimum Gasteiger partial charge on any atom is -0.399 e. The van der Waals surface area contributed by atoms with E-state index in [1.165, 1.54) is 5.69 Å². The topological polar surface area (TPSA) is 43.8 Å². The van der Waals surface area contributed by atoms with Gasteiger partial charge in [-0.05, 0) is 24.3 Å². The predicted octanol–water partition coefficient (Wildman–Crippen LogP) is 2.75. The molecule has 1 aromatic carbocycles. The van der Waals surface area contributed by atoms with Crippen molar-refractivity contribution in [3.8, 4) is 5.69 Å². The van der Waals surface area contributed by atoms with Crippen LogP contribution in [0.25, 0.3) is 5.69 Å². The zero-order valence-electron chi connectivity index (χ0n) is 9.94. The van der Waals surface area contributed by atoms with Crippen LogP contribution in [0.3, 0.4) is 0 Å². The van der Waals surface area contributed by atoms with Crippen molar-refractivity contribution in [1.82, 2.24) is 9.78 Å². The average molecular weight is 215 g/mol. The lowest BCUT2D eigenvalue weighted by atomic mass is 9.92. The summed E-state index contributed by atoms with van der Waals surface area (Å²) in [7, 11) is 0. The van der Waals surface area contributed by atoms with E-state index in [4.69, 9.17) is 5.73 Å².